The Labute approximate surface area is 102 Å². The highest BCUT2D eigenvalue weighted by Crippen LogP contribution is 2.38. The minimum atomic E-state index is -0.0332. The van der Waals surface area contributed by atoms with Crippen molar-refractivity contribution in [1.82, 2.24) is 9.88 Å². The van der Waals surface area contributed by atoms with Gasteiger partial charge in [-0.2, -0.15) is 0 Å². The molecule has 0 bridgehead atoms. The molecule has 2 unspecified atom stereocenters. The third-order valence-electron chi connectivity index (χ3n) is 3.43. The minimum absolute atomic E-state index is 0.0332. The third-order valence-corrected chi connectivity index (χ3v) is 3.43. The van der Waals surface area contributed by atoms with Crippen molar-refractivity contribution < 1.29 is 4.79 Å². The number of anilines is 1. The molecule has 1 aliphatic rings. The molecule has 0 aliphatic heterocycles. The summed E-state index contributed by atoms with van der Waals surface area (Å²) in [5, 5.41) is 0. The number of rotatable bonds is 3. The molecule has 1 fully saturated rings. The molecule has 0 radical (unpaired) electrons. The topological polar surface area (TPSA) is 59.2 Å². The van der Waals surface area contributed by atoms with Crippen molar-refractivity contribution in [3.8, 4) is 0 Å². The van der Waals surface area contributed by atoms with E-state index in [-0.39, 0.29) is 5.91 Å². The Morgan fingerprint density at radius 3 is 2.82 bits per heavy atom. The monoisotopic (exact) mass is 233 g/mol. The number of carbonyl (C=O) groups is 1. The van der Waals surface area contributed by atoms with Gasteiger partial charge in [0.05, 0.1) is 5.56 Å². The van der Waals surface area contributed by atoms with Crippen LogP contribution in [0.5, 0.6) is 0 Å². The van der Waals surface area contributed by atoms with E-state index in [1.54, 1.807) is 17.2 Å². The van der Waals surface area contributed by atoms with Gasteiger partial charge < -0.3 is 10.6 Å². The van der Waals surface area contributed by atoms with Gasteiger partial charge in [-0.1, -0.05) is 6.92 Å². The molecule has 1 aromatic heterocycles. The Hall–Kier alpha value is -1.58. The van der Waals surface area contributed by atoms with E-state index < -0.39 is 0 Å². The predicted octanol–water partition coefficient (Wildman–Crippen LogP) is 1.70. The number of pyridine rings is 1. The Morgan fingerprint density at radius 2 is 2.29 bits per heavy atom. The van der Waals surface area contributed by atoms with Crippen LogP contribution >= 0.6 is 0 Å². The van der Waals surface area contributed by atoms with Crippen LogP contribution in [0.2, 0.25) is 0 Å². The first-order chi connectivity index (χ1) is 7.99. The molecular weight excluding hydrogens is 214 g/mol. The number of hydrogen-bond donors (Lipinski definition) is 1. The lowest BCUT2D eigenvalue weighted by molar-refractivity contribution is 0.0787. The van der Waals surface area contributed by atoms with Crippen molar-refractivity contribution in [3.05, 3.63) is 23.5 Å². The summed E-state index contributed by atoms with van der Waals surface area (Å²) >= 11 is 0. The van der Waals surface area contributed by atoms with Crippen molar-refractivity contribution in [2.24, 2.45) is 11.8 Å². The molecule has 4 heteroatoms. The van der Waals surface area contributed by atoms with Crippen molar-refractivity contribution >= 4 is 11.6 Å². The van der Waals surface area contributed by atoms with E-state index in [0.29, 0.717) is 17.2 Å². The summed E-state index contributed by atoms with van der Waals surface area (Å²) in [4.78, 5) is 18.0. The fraction of sp³-hybridized carbons (Fsp3) is 0.538. The lowest BCUT2D eigenvalue weighted by Gasteiger charge is -2.18. The van der Waals surface area contributed by atoms with Crippen LogP contribution in [-0.2, 0) is 0 Å². The number of carbonyl (C=O) groups excluding carboxylic acids is 1. The summed E-state index contributed by atoms with van der Waals surface area (Å²) in [6.45, 7) is 4.89. The maximum Gasteiger partial charge on any atom is 0.257 e. The Bertz CT molecular complexity index is 444. The van der Waals surface area contributed by atoms with Gasteiger partial charge in [-0.05, 0) is 31.2 Å². The Kier molecular flexibility index (Phi) is 3.05. The van der Waals surface area contributed by atoms with Gasteiger partial charge in [-0.25, -0.2) is 0 Å². The van der Waals surface area contributed by atoms with E-state index in [9.17, 15) is 4.79 Å². The molecule has 1 aromatic rings. The maximum atomic E-state index is 12.2. The van der Waals surface area contributed by atoms with Gasteiger partial charge in [-0.15, -0.1) is 0 Å². The highest BCUT2D eigenvalue weighted by molar-refractivity contribution is 5.98. The number of nitrogens with two attached hydrogens (primary N) is 1. The van der Waals surface area contributed by atoms with Gasteiger partial charge in [0.15, 0.2) is 0 Å². The van der Waals surface area contributed by atoms with Crippen LogP contribution in [-0.4, -0.2) is 29.4 Å². The van der Waals surface area contributed by atoms with Crippen LogP contribution in [0.1, 0.15) is 29.4 Å². The third kappa shape index (κ3) is 2.57. The van der Waals surface area contributed by atoms with E-state index in [1.807, 2.05) is 14.0 Å². The van der Waals surface area contributed by atoms with Crippen molar-refractivity contribution in [2.45, 2.75) is 20.3 Å². The number of aromatic nitrogens is 1. The molecule has 4 nitrogen and oxygen atoms in total. The first kappa shape index (κ1) is 11.9. The molecule has 0 aromatic carbocycles. The molecule has 2 rings (SSSR count). The van der Waals surface area contributed by atoms with Crippen LogP contribution in [0, 0.1) is 18.8 Å². The summed E-state index contributed by atoms with van der Waals surface area (Å²) in [7, 11) is 1.83. The first-order valence-corrected chi connectivity index (χ1v) is 5.96. The fourth-order valence-corrected chi connectivity index (χ4v) is 2.05. The Morgan fingerprint density at radius 1 is 1.65 bits per heavy atom. The van der Waals surface area contributed by atoms with Crippen LogP contribution in [0.15, 0.2) is 12.3 Å². The summed E-state index contributed by atoms with van der Waals surface area (Å²) in [5.41, 5.74) is 7.70. The summed E-state index contributed by atoms with van der Waals surface area (Å²) in [6, 6.07) is 1.74. The second-order valence-corrected chi connectivity index (χ2v) is 5.07. The second kappa shape index (κ2) is 4.35. The standard InChI is InChI=1S/C13H19N3O/c1-8-4-10(8)7-16(3)13(17)11-6-15-9(2)5-12(11)14/h5-6,8,10H,4,7H2,1-3H3,(H2,14,15). The van der Waals surface area contributed by atoms with Gasteiger partial charge in [0.2, 0.25) is 0 Å². The second-order valence-electron chi connectivity index (χ2n) is 5.07. The molecule has 17 heavy (non-hydrogen) atoms. The molecule has 0 spiro atoms. The van der Waals surface area contributed by atoms with Crippen LogP contribution in [0.3, 0.4) is 0 Å². The zero-order chi connectivity index (χ0) is 12.6. The highest BCUT2D eigenvalue weighted by Gasteiger charge is 2.34. The smallest absolute Gasteiger partial charge is 0.257 e. The fourth-order valence-electron chi connectivity index (χ4n) is 2.05. The van der Waals surface area contributed by atoms with E-state index in [4.69, 9.17) is 5.73 Å². The molecular formula is C13H19N3O. The quantitative estimate of drug-likeness (QED) is 0.864. The van der Waals surface area contributed by atoms with Crippen LogP contribution in [0.25, 0.3) is 0 Å². The number of aryl methyl sites for hydroxylation is 1. The summed E-state index contributed by atoms with van der Waals surface area (Å²) in [5.74, 6) is 1.37. The van der Waals surface area contributed by atoms with E-state index in [2.05, 4.69) is 11.9 Å². The van der Waals surface area contributed by atoms with Gasteiger partial charge in [0, 0.05) is 31.2 Å². The molecule has 92 valence electrons. The molecule has 1 amide bonds. The first-order valence-electron chi connectivity index (χ1n) is 5.96. The maximum absolute atomic E-state index is 12.2. The van der Waals surface area contributed by atoms with Gasteiger partial charge in [-0.3, -0.25) is 9.78 Å². The zero-order valence-corrected chi connectivity index (χ0v) is 10.6. The number of hydrogen-bond acceptors (Lipinski definition) is 3. The molecule has 1 heterocycles. The Balaban J connectivity index is 2.07. The molecule has 1 aliphatic carbocycles. The molecule has 2 atom stereocenters. The van der Waals surface area contributed by atoms with Crippen molar-refractivity contribution in [2.75, 3.05) is 19.3 Å². The number of nitrogens with zero attached hydrogens (tertiary/aromatic N) is 2. The summed E-state index contributed by atoms with van der Waals surface area (Å²) < 4.78 is 0. The van der Waals surface area contributed by atoms with E-state index in [1.165, 1.54) is 6.42 Å². The van der Waals surface area contributed by atoms with E-state index >= 15 is 0 Å². The van der Waals surface area contributed by atoms with Crippen LogP contribution < -0.4 is 5.73 Å². The average Bonchev–Trinajstić information content (AvgIpc) is 2.93. The van der Waals surface area contributed by atoms with Crippen molar-refractivity contribution in [3.63, 3.8) is 0 Å². The molecule has 0 saturated heterocycles. The van der Waals surface area contributed by atoms with Crippen molar-refractivity contribution in [1.29, 1.82) is 0 Å². The largest absolute Gasteiger partial charge is 0.398 e. The normalized spacial score (nSPS) is 22.3. The van der Waals surface area contributed by atoms with Gasteiger partial charge in [0.25, 0.3) is 5.91 Å². The average molecular weight is 233 g/mol. The minimum Gasteiger partial charge on any atom is -0.398 e. The predicted molar refractivity (Wildman–Crippen MR) is 67.6 cm³/mol. The molecule has 2 N–H and O–H groups in total. The zero-order valence-electron chi connectivity index (χ0n) is 10.6. The SMILES string of the molecule is Cc1cc(N)c(C(=O)N(C)CC2CC2C)cn1. The summed E-state index contributed by atoms with van der Waals surface area (Å²) in [6.07, 6.45) is 2.79. The van der Waals surface area contributed by atoms with E-state index in [0.717, 1.165) is 18.2 Å². The molecule has 1 saturated carbocycles. The lowest BCUT2D eigenvalue weighted by Crippen LogP contribution is -2.29. The van der Waals surface area contributed by atoms with Crippen LogP contribution in [0.4, 0.5) is 5.69 Å². The lowest BCUT2D eigenvalue weighted by atomic mass is 10.2. The number of amides is 1. The van der Waals surface area contributed by atoms with Gasteiger partial charge in [0.1, 0.15) is 0 Å². The highest BCUT2D eigenvalue weighted by atomic mass is 16.2. The van der Waals surface area contributed by atoms with Gasteiger partial charge >= 0.3 is 0 Å². The number of nitrogen functional groups attached to an aromatic ring is 1.